The molecular weight excluding hydrogens is 454 g/mol. The van der Waals surface area contributed by atoms with Gasteiger partial charge < -0.3 is 20.7 Å². The molecule has 0 atom stereocenters. The molecule has 0 unspecified atom stereocenters. The van der Waals surface area contributed by atoms with Gasteiger partial charge in [0, 0.05) is 28.2 Å². The lowest BCUT2D eigenvalue weighted by Gasteiger charge is -2.13. The van der Waals surface area contributed by atoms with Crippen molar-refractivity contribution >= 4 is 52.0 Å². The molecule has 0 spiro atoms. The molecule has 0 bridgehead atoms. The van der Waals surface area contributed by atoms with Gasteiger partial charge in [0.25, 0.3) is 11.8 Å². The van der Waals surface area contributed by atoms with Gasteiger partial charge in [-0.1, -0.05) is 6.07 Å². The molecule has 9 nitrogen and oxygen atoms in total. The van der Waals surface area contributed by atoms with Gasteiger partial charge >= 0.3 is 0 Å². The molecular formula is C24H23N5O4S. The standard InChI is InChI=1S/C24H23N5O4S/c1-14(30)20-11-8-18(13-21(20)23(32)29-25)26-22(31)15-4-3-5-17(12-15)28-24(34)27-16-6-9-19(33-2)10-7-16/h3-13H,25H2,1-2H3,(H,26,31)(H,29,32)(H2,27,28,34). The number of hydrazine groups is 1. The van der Waals surface area contributed by atoms with Gasteiger partial charge in [0.15, 0.2) is 10.9 Å². The second-order valence-electron chi connectivity index (χ2n) is 7.13. The van der Waals surface area contributed by atoms with E-state index in [1.54, 1.807) is 43.5 Å². The Morgan fingerprint density at radius 2 is 1.44 bits per heavy atom. The minimum absolute atomic E-state index is 0.0678. The van der Waals surface area contributed by atoms with E-state index in [0.29, 0.717) is 22.1 Å². The number of methoxy groups -OCH3 is 1. The van der Waals surface area contributed by atoms with E-state index >= 15 is 0 Å². The van der Waals surface area contributed by atoms with Crippen LogP contribution in [0.5, 0.6) is 5.75 Å². The number of nitrogen functional groups attached to an aromatic ring is 1. The summed E-state index contributed by atoms with van der Waals surface area (Å²) in [5, 5.41) is 9.15. The molecule has 0 aromatic heterocycles. The van der Waals surface area contributed by atoms with Crippen molar-refractivity contribution in [1.82, 2.24) is 5.43 Å². The van der Waals surface area contributed by atoms with E-state index in [4.69, 9.17) is 22.8 Å². The fraction of sp³-hybridized carbons (Fsp3) is 0.0833. The van der Waals surface area contributed by atoms with Crippen LogP contribution in [0, 0.1) is 0 Å². The van der Waals surface area contributed by atoms with Gasteiger partial charge in [-0.05, 0) is 79.8 Å². The number of ketones is 1. The number of carbonyl (C=O) groups excluding carboxylic acids is 3. The first-order chi connectivity index (χ1) is 16.3. The minimum atomic E-state index is -0.634. The molecule has 0 heterocycles. The van der Waals surface area contributed by atoms with Crippen molar-refractivity contribution in [3.8, 4) is 5.75 Å². The third kappa shape index (κ3) is 6.15. The highest BCUT2D eigenvalue weighted by Gasteiger charge is 2.16. The maximum atomic E-state index is 12.8. The zero-order chi connectivity index (χ0) is 24.7. The van der Waals surface area contributed by atoms with Crippen LogP contribution in [0.2, 0.25) is 0 Å². The Bertz CT molecular complexity index is 1240. The first-order valence-corrected chi connectivity index (χ1v) is 10.5. The number of carbonyl (C=O) groups is 3. The highest BCUT2D eigenvalue weighted by molar-refractivity contribution is 7.80. The van der Waals surface area contributed by atoms with Gasteiger partial charge in [0.1, 0.15) is 5.75 Å². The SMILES string of the molecule is COc1ccc(NC(=S)Nc2cccc(C(=O)Nc3ccc(C(C)=O)c(C(=O)NN)c3)c2)cc1. The first kappa shape index (κ1) is 24.4. The summed E-state index contributed by atoms with van der Waals surface area (Å²) in [5.41, 5.74) is 4.35. The average molecular weight is 478 g/mol. The average Bonchev–Trinajstić information content (AvgIpc) is 2.83. The molecule has 174 valence electrons. The van der Waals surface area contributed by atoms with Crippen molar-refractivity contribution in [2.75, 3.05) is 23.1 Å². The van der Waals surface area contributed by atoms with Gasteiger partial charge in [-0.15, -0.1) is 0 Å². The largest absolute Gasteiger partial charge is 0.497 e. The predicted molar refractivity (Wildman–Crippen MR) is 135 cm³/mol. The van der Waals surface area contributed by atoms with Crippen molar-refractivity contribution in [3.05, 3.63) is 83.4 Å². The van der Waals surface area contributed by atoms with Crippen molar-refractivity contribution in [3.63, 3.8) is 0 Å². The smallest absolute Gasteiger partial charge is 0.265 e. The number of hydrogen-bond donors (Lipinski definition) is 5. The maximum Gasteiger partial charge on any atom is 0.265 e. The number of nitrogens with one attached hydrogen (secondary N) is 4. The van der Waals surface area contributed by atoms with Crippen LogP contribution in [0.1, 0.15) is 38.0 Å². The summed E-state index contributed by atoms with van der Waals surface area (Å²) in [6.07, 6.45) is 0. The Morgan fingerprint density at radius 1 is 0.794 bits per heavy atom. The maximum absolute atomic E-state index is 12.8. The normalized spacial score (nSPS) is 10.1. The lowest BCUT2D eigenvalue weighted by Crippen LogP contribution is -2.31. The zero-order valence-electron chi connectivity index (χ0n) is 18.5. The van der Waals surface area contributed by atoms with Gasteiger partial charge in [0.2, 0.25) is 0 Å². The molecule has 0 aliphatic heterocycles. The van der Waals surface area contributed by atoms with E-state index in [1.807, 2.05) is 17.6 Å². The second kappa shape index (κ2) is 11.0. The number of thiocarbonyl (C=S) groups is 1. The molecule has 3 aromatic rings. The molecule has 0 aliphatic carbocycles. The number of nitrogens with two attached hydrogens (primary N) is 1. The van der Waals surface area contributed by atoms with Crippen LogP contribution in [-0.2, 0) is 0 Å². The van der Waals surface area contributed by atoms with Crippen LogP contribution in [0.3, 0.4) is 0 Å². The number of rotatable bonds is 7. The van der Waals surface area contributed by atoms with E-state index in [2.05, 4.69) is 16.0 Å². The lowest BCUT2D eigenvalue weighted by molar-refractivity contribution is 0.0938. The number of ether oxygens (including phenoxy) is 1. The molecule has 6 N–H and O–H groups in total. The van der Waals surface area contributed by atoms with E-state index in [1.165, 1.54) is 25.1 Å². The summed E-state index contributed by atoms with van der Waals surface area (Å²) in [6.45, 7) is 1.34. The molecule has 0 fully saturated rings. The van der Waals surface area contributed by atoms with Crippen molar-refractivity contribution < 1.29 is 19.1 Å². The van der Waals surface area contributed by atoms with Crippen LogP contribution in [0.15, 0.2) is 66.7 Å². The van der Waals surface area contributed by atoms with Crippen molar-refractivity contribution in [2.45, 2.75) is 6.92 Å². The minimum Gasteiger partial charge on any atom is -0.497 e. The van der Waals surface area contributed by atoms with Gasteiger partial charge in [-0.2, -0.15) is 0 Å². The molecule has 0 saturated heterocycles. The van der Waals surface area contributed by atoms with E-state index in [0.717, 1.165) is 11.4 Å². The third-order valence-corrected chi connectivity index (χ3v) is 4.97. The lowest BCUT2D eigenvalue weighted by atomic mass is 10.0. The number of amides is 2. The summed E-state index contributed by atoms with van der Waals surface area (Å²) >= 11 is 5.35. The van der Waals surface area contributed by atoms with Crippen LogP contribution in [0.4, 0.5) is 17.1 Å². The van der Waals surface area contributed by atoms with Crippen molar-refractivity contribution in [1.29, 1.82) is 0 Å². The highest BCUT2D eigenvalue weighted by atomic mass is 32.1. The molecule has 3 rings (SSSR count). The summed E-state index contributed by atoms with van der Waals surface area (Å²) < 4.78 is 5.13. The number of benzene rings is 3. The molecule has 0 saturated carbocycles. The predicted octanol–water partition coefficient (Wildman–Crippen LogP) is 3.56. The molecule has 0 radical (unpaired) electrons. The molecule has 3 aromatic carbocycles. The number of hydrogen-bond acceptors (Lipinski definition) is 6. The van der Waals surface area contributed by atoms with Crippen LogP contribution < -0.4 is 32.0 Å². The zero-order valence-corrected chi connectivity index (χ0v) is 19.3. The fourth-order valence-electron chi connectivity index (χ4n) is 3.10. The second-order valence-corrected chi connectivity index (χ2v) is 7.54. The molecule has 0 aliphatic rings. The Hall–Kier alpha value is -4.28. The van der Waals surface area contributed by atoms with Gasteiger partial charge in [-0.25, -0.2) is 5.84 Å². The van der Waals surface area contributed by atoms with Crippen LogP contribution in [0.25, 0.3) is 0 Å². The van der Waals surface area contributed by atoms with Gasteiger partial charge in [-0.3, -0.25) is 19.8 Å². The van der Waals surface area contributed by atoms with E-state index in [9.17, 15) is 14.4 Å². The fourth-order valence-corrected chi connectivity index (χ4v) is 3.34. The van der Waals surface area contributed by atoms with Crippen molar-refractivity contribution in [2.24, 2.45) is 5.84 Å². The monoisotopic (exact) mass is 477 g/mol. The highest BCUT2D eigenvalue weighted by Crippen LogP contribution is 2.19. The summed E-state index contributed by atoms with van der Waals surface area (Å²) in [7, 11) is 1.59. The summed E-state index contributed by atoms with van der Waals surface area (Å²) in [6, 6.07) is 18.4. The quantitative estimate of drug-likeness (QED) is 0.115. The number of Topliss-reactive ketones (excluding diaryl/α,β-unsaturated/α-hetero) is 1. The Kier molecular flexibility index (Phi) is 7.91. The third-order valence-electron chi connectivity index (χ3n) is 4.76. The topological polar surface area (TPSA) is 135 Å². The number of anilines is 3. The van der Waals surface area contributed by atoms with E-state index in [-0.39, 0.29) is 16.9 Å². The first-order valence-electron chi connectivity index (χ1n) is 10.1. The summed E-state index contributed by atoms with van der Waals surface area (Å²) in [5.74, 6) is 4.60. The Balaban J connectivity index is 1.70. The van der Waals surface area contributed by atoms with Gasteiger partial charge in [0.05, 0.1) is 12.7 Å². The molecule has 10 heteroatoms. The van der Waals surface area contributed by atoms with Crippen LogP contribution in [-0.4, -0.2) is 29.8 Å². The Labute approximate surface area is 201 Å². The van der Waals surface area contributed by atoms with E-state index < -0.39 is 11.8 Å². The Morgan fingerprint density at radius 3 is 2.09 bits per heavy atom. The molecule has 34 heavy (non-hydrogen) atoms. The summed E-state index contributed by atoms with van der Waals surface area (Å²) in [4.78, 5) is 36.6. The van der Waals surface area contributed by atoms with Crippen LogP contribution >= 0.6 is 12.2 Å². The molecule has 2 amide bonds.